The van der Waals surface area contributed by atoms with Crippen LogP contribution >= 0.6 is 0 Å². The van der Waals surface area contributed by atoms with Crippen molar-refractivity contribution in [1.29, 1.82) is 0 Å². The minimum Gasteiger partial charge on any atom is -0.453 e. The summed E-state index contributed by atoms with van der Waals surface area (Å²) < 4.78 is 14.7. The number of fused-ring (bicyclic) bond motifs is 8. The lowest BCUT2D eigenvalue weighted by Gasteiger charge is -2.37. The average Bonchev–Trinajstić information content (AvgIpc) is 3.32. The molecule has 4 aromatic carbocycles. The van der Waals surface area contributed by atoms with Gasteiger partial charge in [-0.3, -0.25) is 0 Å². The summed E-state index contributed by atoms with van der Waals surface area (Å²) in [6, 6.07) is 25.9. The lowest BCUT2D eigenvalue weighted by atomic mass is 9.77. The zero-order valence-electron chi connectivity index (χ0n) is 22.7. The molecule has 38 heavy (non-hydrogen) atoms. The number of aliphatic hydroxyl groups is 1. The molecular formula is C33H31BNO3. The number of benzene rings is 4. The Morgan fingerprint density at radius 3 is 2.34 bits per heavy atom. The number of aromatic nitrogens is 1. The Morgan fingerprint density at radius 2 is 1.55 bits per heavy atom. The third kappa shape index (κ3) is 3.12. The minimum absolute atomic E-state index is 0.182. The molecule has 5 aromatic rings. The largest absolute Gasteiger partial charge is 0.453 e. The molecule has 0 unspecified atom stereocenters. The van der Waals surface area contributed by atoms with E-state index in [0.29, 0.717) is 0 Å². The Morgan fingerprint density at radius 1 is 0.816 bits per heavy atom. The molecule has 1 aliphatic heterocycles. The maximum atomic E-state index is 10.5. The van der Waals surface area contributed by atoms with E-state index in [2.05, 4.69) is 79.1 Å². The first-order valence-corrected chi connectivity index (χ1v) is 13.2. The number of para-hydroxylation sites is 3. The molecule has 1 radical (unpaired) electrons. The van der Waals surface area contributed by atoms with E-state index in [1.54, 1.807) is 21.3 Å². The normalized spacial score (nSPS) is 15.2. The molecule has 7 rings (SSSR count). The van der Waals surface area contributed by atoms with Gasteiger partial charge in [0.2, 0.25) is 0 Å². The molecule has 2 heterocycles. The molecule has 189 valence electrons. The second-order valence-corrected chi connectivity index (χ2v) is 12.2. The second-order valence-electron chi connectivity index (χ2n) is 12.2. The molecule has 0 bridgehead atoms. The Balaban J connectivity index is 1.39. The van der Waals surface area contributed by atoms with Gasteiger partial charge in [-0.15, -0.1) is 0 Å². The highest BCUT2D eigenvalue weighted by Gasteiger charge is 2.38. The van der Waals surface area contributed by atoms with Crippen LogP contribution in [0.5, 0.6) is 11.5 Å². The van der Waals surface area contributed by atoms with Crippen molar-refractivity contribution in [3.05, 3.63) is 83.9 Å². The molecule has 0 saturated heterocycles. The summed E-state index contributed by atoms with van der Waals surface area (Å²) in [5.41, 5.74) is 7.66. The Kier molecular flexibility index (Phi) is 4.67. The number of hydrogen-bond acceptors (Lipinski definition) is 3. The molecule has 0 fully saturated rings. The van der Waals surface area contributed by atoms with Gasteiger partial charge in [-0.05, 0) is 80.3 Å². The molecule has 0 spiro atoms. The maximum absolute atomic E-state index is 10.5. The van der Waals surface area contributed by atoms with Crippen LogP contribution in [0.25, 0.3) is 38.6 Å². The third-order valence-corrected chi connectivity index (χ3v) is 8.86. The van der Waals surface area contributed by atoms with E-state index < -0.39 is 11.2 Å². The van der Waals surface area contributed by atoms with Crippen molar-refractivity contribution in [2.45, 2.75) is 58.2 Å². The van der Waals surface area contributed by atoms with Gasteiger partial charge in [-0.2, -0.15) is 0 Å². The molecule has 0 amide bonds. The Bertz CT molecular complexity index is 1790. The van der Waals surface area contributed by atoms with Crippen molar-refractivity contribution >= 4 is 34.8 Å². The molecule has 0 atom stereocenters. The fourth-order valence-corrected chi connectivity index (χ4v) is 5.89. The fraction of sp³-hybridized carbons (Fsp3) is 0.273. The summed E-state index contributed by atoms with van der Waals surface area (Å²) in [4.78, 5) is 0. The minimum atomic E-state index is -0.968. The van der Waals surface area contributed by atoms with Gasteiger partial charge in [0.05, 0.1) is 27.9 Å². The van der Waals surface area contributed by atoms with Gasteiger partial charge in [0, 0.05) is 16.2 Å². The van der Waals surface area contributed by atoms with E-state index in [1.807, 2.05) is 26.0 Å². The lowest BCUT2D eigenvalue weighted by molar-refractivity contribution is -0.0893. The molecule has 1 aromatic heterocycles. The summed E-state index contributed by atoms with van der Waals surface area (Å²) in [6.45, 7) is 12.0. The van der Waals surface area contributed by atoms with Gasteiger partial charge in [0.1, 0.15) is 0 Å². The van der Waals surface area contributed by atoms with Gasteiger partial charge in [0.25, 0.3) is 0 Å². The predicted molar refractivity (Wildman–Crippen MR) is 155 cm³/mol. The first-order valence-electron chi connectivity index (χ1n) is 13.2. The highest BCUT2D eigenvalue weighted by atomic mass is 16.5. The molecule has 5 heteroatoms. The summed E-state index contributed by atoms with van der Waals surface area (Å²) in [6.07, 6.45) is 0. The quantitative estimate of drug-likeness (QED) is 0.265. The molecule has 4 nitrogen and oxygen atoms in total. The Labute approximate surface area is 224 Å². The van der Waals surface area contributed by atoms with Crippen molar-refractivity contribution in [2.24, 2.45) is 0 Å². The van der Waals surface area contributed by atoms with Crippen molar-refractivity contribution in [1.82, 2.24) is 4.57 Å². The van der Waals surface area contributed by atoms with E-state index in [9.17, 15) is 5.11 Å². The Hall–Kier alpha value is -3.54. The van der Waals surface area contributed by atoms with Crippen LogP contribution in [0.4, 0.5) is 0 Å². The zero-order chi connectivity index (χ0) is 26.6. The van der Waals surface area contributed by atoms with Gasteiger partial charge in [-0.25, -0.2) is 0 Å². The highest BCUT2D eigenvalue weighted by molar-refractivity contribution is 6.47. The van der Waals surface area contributed by atoms with E-state index >= 15 is 0 Å². The van der Waals surface area contributed by atoms with Crippen molar-refractivity contribution in [3.63, 3.8) is 0 Å². The first-order chi connectivity index (χ1) is 18.0. The smallest absolute Gasteiger partial charge is 0.330 e. The third-order valence-electron chi connectivity index (χ3n) is 8.86. The van der Waals surface area contributed by atoms with Crippen molar-refractivity contribution in [3.8, 4) is 28.3 Å². The summed E-state index contributed by atoms with van der Waals surface area (Å²) in [5, 5.41) is 12.9. The van der Waals surface area contributed by atoms with Crippen molar-refractivity contribution in [2.75, 3.05) is 0 Å². The fourth-order valence-electron chi connectivity index (χ4n) is 5.89. The van der Waals surface area contributed by atoms with Crippen LogP contribution in [0.3, 0.4) is 0 Å². The van der Waals surface area contributed by atoms with E-state index in [1.165, 1.54) is 38.5 Å². The summed E-state index contributed by atoms with van der Waals surface area (Å²) in [7, 11) is 1.78. The molecule has 0 saturated carbocycles. The van der Waals surface area contributed by atoms with Crippen LogP contribution in [-0.2, 0) is 10.1 Å². The first kappa shape index (κ1) is 23.6. The average molecular weight is 500 g/mol. The molecular weight excluding hydrogens is 469 g/mol. The molecule has 1 aliphatic carbocycles. The van der Waals surface area contributed by atoms with Crippen LogP contribution in [0.2, 0.25) is 0 Å². The van der Waals surface area contributed by atoms with Gasteiger partial charge in [-0.1, -0.05) is 61.8 Å². The van der Waals surface area contributed by atoms with Crippen LogP contribution in [0.1, 0.15) is 52.7 Å². The maximum Gasteiger partial charge on any atom is 0.330 e. The summed E-state index contributed by atoms with van der Waals surface area (Å²) >= 11 is 0. The van der Waals surface area contributed by atoms with E-state index in [0.717, 1.165) is 28.2 Å². The van der Waals surface area contributed by atoms with E-state index in [4.69, 9.17) is 9.39 Å². The van der Waals surface area contributed by atoms with Crippen molar-refractivity contribution < 1.29 is 14.5 Å². The second kappa shape index (κ2) is 7.52. The van der Waals surface area contributed by atoms with E-state index in [-0.39, 0.29) is 5.41 Å². The lowest BCUT2D eigenvalue weighted by Crippen LogP contribution is -2.49. The molecule has 1 N–H and O–H groups in total. The predicted octanol–water partition coefficient (Wildman–Crippen LogP) is 7.01. The summed E-state index contributed by atoms with van der Waals surface area (Å²) in [5.74, 6) is 1.77. The zero-order valence-corrected chi connectivity index (χ0v) is 22.7. The SMILES string of the molecule is CC1(C)c2cc([B]OC(C)(C)C(C)(C)O)ccc2-c2cc3c4cccc5c4n(c3cc21)-c1ccccc1O5. The van der Waals surface area contributed by atoms with Crippen LogP contribution < -0.4 is 10.2 Å². The standard InChI is InChI=1S/C33H31BNO3/c1-31(2)24-16-19(34-38-33(5,6)32(3,4)36)14-15-20(24)22-17-23-21-10-9-13-29-30(21)35(27(23)18-25(22)31)26-11-7-8-12-28(26)37-29/h7-18,36H,1-6H3. The number of rotatable bonds is 4. The van der Waals surface area contributed by atoms with Gasteiger partial charge < -0.3 is 19.1 Å². The van der Waals surface area contributed by atoms with Gasteiger partial charge in [0.15, 0.2) is 11.5 Å². The number of nitrogens with zero attached hydrogens (tertiary/aromatic N) is 1. The van der Waals surface area contributed by atoms with Crippen LogP contribution in [-0.4, -0.2) is 28.4 Å². The monoisotopic (exact) mass is 500 g/mol. The highest BCUT2D eigenvalue weighted by Crippen LogP contribution is 2.52. The topological polar surface area (TPSA) is 43.6 Å². The molecule has 2 aliphatic rings. The van der Waals surface area contributed by atoms with Gasteiger partial charge >= 0.3 is 7.48 Å². The van der Waals surface area contributed by atoms with Crippen LogP contribution in [0.15, 0.2) is 72.8 Å². The van der Waals surface area contributed by atoms with Crippen LogP contribution in [0, 0.1) is 0 Å². The number of ether oxygens (including phenoxy) is 1. The number of hydrogen-bond donors (Lipinski definition) is 1.